The molecule has 0 spiro atoms. The van der Waals surface area contributed by atoms with Crippen LogP contribution in [-0.2, 0) is 6.18 Å². The molecule has 0 bridgehead atoms. The summed E-state index contributed by atoms with van der Waals surface area (Å²) in [7, 11) is 0. The van der Waals surface area contributed by atoms with Gasteiger partial charge in [-0.25, -0.2) is 4.98 Å². The molecule has 4 nitrogen and oxygen atoms in total. The van der Waals surface area contributed by atoms with Crippen molar-refractivity contribution >= 4 is 17.3 Å². The molecular weight excluding hydrogens is 283 g/mol. The van der Waals surface area contributed by atoms with Crippen LogP contribution in [0.5, 0.6) is 11.8 Å². The quantitative estimate of drug-likeness (QED) is 0.859. The molecule has 2 aromatic rings. The van der Waals surface area contributed by atoms with E-state index in [0.717, 1.165) is 12.3 Å². The Morgan fingerprint density at radius 1 is 1.21 bits per heavy atom. The van der Waals surface area contributed by atoms with Gasteiger partial charge in [-0.2, -0.15) is 18.2 Å². The van der Waals surface area contributed by atoms with Gasteiger partial charge in [0, 0.05) is 11.9 Å². The van der Waals surface area contributed by atoms with Crippen molar-refractivity contribution in [2.24, 2.45) is 0 Å². The first-order valence-electron chi connectivity index (χ1n) is 4.99. The van der Waals surface area contributed by atoms with Crippen molar-refractivity contribution in [3.63, 3.8) is 0 Å². The molecule has 1 aromatic carbocycles. The van der Waals surface area contributed by atoms with Gasteiger partial charge in [-0.15, -0.1) is 0 Å². The van der Waals surface area contributed by atoms with Crippen LogP contribution in [0.3, 0.4) is 0 Å². The standard InChI is InChI=1S/C11H7ClF3N3O/c12-7-5-6(16)1-2-8(7)19-10-17-4-3-9(18-10)11(13,14)15/h1-5H,16H2. The summed E-state index contributed by atoms with van der Waals surface area (Å²) in [5, 5.41) is 0.154. The summed E-state index contributed by atoms with van der Waals surface area (Å²) in [5.41, 5.74) is 4.79. The van der Waals surface area contributed by atoms with Crippen molar-refractivity contribution in [2.75, 3.05) is 5.73 Å². The van der Waals surface area contributed by atoms with Gasteiger partial charge in [0.15, 0.2) is 5.69 Å². The molecular formula is C11H7ClF3N3O. The Kier molecular flexibility index (Phi) is 3.48. The van der Waals surface area contributed by atoms with Crippen LogP contribution >= 0.6 is 11.6 Å². The van der Waals surface area contributed by atoms with Crippen molar-refractivity contribution in [2.45, 2.75) is 6.18 Å². The zero-order valence-corrected chi connectivity index (χ0v) is 10.0. The maximum atomic E-state index is 12.5. The van der Waals surface area contributed by atoms with E-state index >= 15 is 0 Å². The number of hydrogen-bond acceptors (Lipinski definition) is 4. The zero-order valence-electron chi connectivity index (χ0n) is 9.28. The number of anilines is 1. The molecule has 0 aliphatic heterocycles. The van der Waals surface area contributed by atoms with E-state index in [1.807, 2.05) is 0 Å². The minimum Gasteiger partial charge on any atom is -0.423 e. The molecule has 100 valence electrons. The predicted octanol–water partition coefficient (Wildman–Crippen LogP) is 3.52. The van der Waals surface area contributed by atoms with E-state index < -0.39 is 17.9 Å². The molecule has 0 radical (unpaired) electrons. The third-order valence-corrected chi connectivity index (χ3v) is 2.38. The van der Waals surface area contributed by atoms with E-state index in [0.29, 0.717) is 5.69 Å². The van der Waals surface area contributed by atoms with E-state index in [2.05, 4.69) is 9.97 Å². The average molecular weight is 290 g/mol. The lowest BCUT2D eigenvalue weighted by molar-refractivity contribution is -0.141. The largest absolute Gasteiger partial charge is 0.433 e. The summed E-state index contributed by atoms with van der Waals surface area (Å²) >= 11 is 5.83. The van der Waals surface area contributed by atoms with Gasteiger partial charge in [-0.05, 0) is 24.3 Å². The minimum absolute atomic E-state index is 0.121. The van der Waals surface area contributed by atoms with Gasteiger partial charge in [0.2, 0.25) is 0 Å². The fourth-order valence-corrected chi connectivity index (χ4v) is 1.47. The molecule has 0 amide bonds. The molecule has 2 N–H and O–H groups in total. The second kappa shape index (κ2) is 4.93. The van der Waals surface area contributed by atoms with Crippen LogP contribution in [0.2, 0.25) is 5.02 Å². The second-order valence-electron chi connectivity index (χ2n) is 3.51. The summed E-state index contributed by atoms with van der Waals surface area (Å²) < 4.78 is 42.4. The summed E-state index contributed by atoms with van der Waals surface area (Å²) in [6, 6.07) is 4.62. The predicted molar refractivity (Wildman–Crippen MR) is 63.0 cm³/mol. The van der Waals surface area contributed by atoms with Crippen LogP contribution in [0.15, 0.2) is 30.5 Å². The topological polar surface area (TPSA) is 61.0 Å². The summed E-state index contributed by atoms with van der Waals surface area (Å²) in [4.78, 5) is 6.84. The maximum Gasteiger partial charge on any atom is 0.433 e. The Labute approximate surface area is 111 Å². The number of hydrogen-bond donors (Lipinski definition) is 1. The normalized spacial score (nSPS) is 11.4. The van der Waals surface area contributed by atoms with Crippen LogP contribution in [0.1, 0.15) is 5.69 Å². The molecule has 0 saturated carbocycles. The Balaban J connectivity index is 2.29. The Hall–Kier alpha value is -2.02. The lowest BCUT2D eigenvalue weighted by Gasteiger charge is -2.09. The first-order valence-corrected chi connectivity index (χ1v) is 5.37. The smallest absolute Gasteiger partial charge is 0.423 e. The molecule has 1 heterocycles. The van der Waals surface area contributed by atoms with Crippen molar-refractivity contribution < 1.29 is 17.9 Å². The zero-order chi connectivity index (χ0) is 14.0. The number of halogens is 4. The van der Waals surface area contributed by atoms with Crippen LogP contribution in [0, 0.1) is 0 Å². The van der Waals surface area contributed by atoms with E-state index in [1.165, 1.54) is 18.2 Å². The first-order chi connectivity index (χ1) is 8.86. The van der Waals surface area contributed by atoms with Gasteiger partial charge in [0.1, 0.15) is 5.75 Å². The summed E-state index contributed by atoms with van der Waals surface area (Å²) in [6.45, 7) is 0. The van der Waals surface area contributed by atoms with Gasteiger partial charge >= 0.3 is 12.2 Å². The number of nitrogens with zero attached hydrogens (tertiary/aromatic N) is 2. The SMILES string of the molecule is Nc1ccc(Oc2nccc(C(F)(F)F)n2)c(Cl)c1. The number of nitrogens with two attached hydrogens (primary N) is 1. The number of rotatable bonds is 2. The minimum atomic E-state index is -4.56. The van der Waals surface area contributed by atoms with E-state index in [1.54, 1.807) is 0 Å². The molecule has 19 heavy (non-hydrogen) atoms. The molecule has 0 aliphatic carbocycles. The lowest BCUT2D eigenvalue weighted by Crippen LogP contribution is -2.08. The number of alkyl halides is 3. The van der Waals surface area contributed by atoms with Crippen LogP contribution in [0.25, 0.3) is 0 Å². The Morgan fingerprint density at radius 3 is 2.58 bits per heavy atom. The molecule has 2 rings (SSSR count). The average Bonchev–Trinajstić information content (AvgIpc) is 2.32. The number of nitrogen functional groups attached to an aromatic ring is 1. The van der Waals surface area contributed by atoms with Gasteiger partial charge in [0.25, 0.3) is 0 Å². The molecule has 0 aliphatic rings. The lowest BCUT2D eigenvalue weighted by atomic mass is 10.3. The molecule has 0 fully saturated rings. The highest BCUT2D eigenvalue weighted by atomic mass is 35.5. The summed E-state index contributed by atoms with van der Waals surface area (Å²) in [5.74, 6) is 0.121. The third kappa shape index (κ3) is 3.25. The van der Waals surface area contributed by atoms with Crippen LogP contribution < -0.4 is 10.5 Å². The highest BCUT2D eigenvalue weighted by molar-refractivity contribution is 6.32. The third-order valence-electron chi connectivity index (χ3n) is 2.08. The van der Waals surface area contributed by atoms with Gasteiger partial charge < -0.3 is 10.5 Å². The summed E-state index contributed by atoms with van der Waals surface area (Å²) in [6.07, 6.45) is -3.61. The van der Waals surface area contributed by atoms with Crippen molar-refractivity contribution in [3.05, 3.63) is 41.2 Å². The van der Waals surface area contributed by atoms with Crippen molar-refractivity contribution in [1.29, 1.82) is 0 Å². The van der Waals surface area contributed by atoms with E-state index in [9.17, 15) is 13.2 Å². The van der Waals surface area contributed by atoms with E-state index in [-0.39, 0.29) is 10.8 Å². The molecule has 1 aromatic heterocycles. The molecule has 0 unspecified atom stereocenters. The Bertz CT molecular complexity index is 604. The van der Waals surface area contributed by atoms with Crippen LogP contribution in [-0.4, -0.2) is 9.97 Å². The fourth-order valence-electron chi connectivity index (χ4n) is 1.25. The molecule has 0 atom stereocenters. The van der Waals surface area contributed by atoms with Crippen molar-refractivity contribution in [3.8, 4) is 11.8 Å². The van der Waals surface area contributed by atoms with Gasteiger partial charge in [-0.1, -0.05) is 11.6 Å². The van der Waals surface area contributed by atoms with Gasteiger partial charge in [-0.3, -0.25) is 0 Å². The second-order valence-corrected chi connectivity index (χ2v) is 3.92. The monoisotopic (exact) mass is 289 g/mol. The highest BCUT2D eigenvalue weighted by Gasteiger charge is 2.33. The van der Waals surface area contributed by atoms with Crippen LogP contribution in [0.4, 0.5) is 18.9 Å². The first kappa shape index (κ1) is 13.4. The number of aromatic nitrogens is 2. The molecule has 0 saturated heterocycles. The number of ether oxygens (including phenoxy) is 1. The van der Waals surface area contributed by atoms with Crippen molar-refractivity contribution in [1.82, 2.24) is 9.97 Å². The maximum absolute atomic E-state index is 12.5. The van der Waals surface area contributed by atoms with E-state index in [4.69, 9.17) is 22.1 Å². The number of benzene rings is 1. The van der Waals surface area contributed by atoms with Gasteiger partial charge in [0.05, 0.1) is 5.02 Å². The Morgan fingerprint density at radius 2 is 1.95 bits per heavy atom. The fraction of sp³-hybridized carbons (Fsp3) is 0.0909. The molecule has 8 heteroatoms. The highest BCUT2D eigenvalue weighted by Crippen LogP contribution is 2.31.